The zero-order valence-electron chi connectivity index (χ0n) is 7.22. The summed E-state index contributed by atoms with van der Waals surface area (Å²) in [5, 5.41) is 0. The van der Waals surface area contributed by atoms with Gasteiger partial charge in [0, 0.05) is 0 Å². The van der Waals surface area contributed by atoms with Gasteiger partial charge in [-0.3, -0.25) is 0 Å². The Morgan fingerprint density at radius 3 is 2.36 bits per heavy atom. The van der Waals surface area contributed by atoms with Crippen molar-refractivity contribution in [3.8, 4) is 0 Å². The van der Waals surface area contributed by atoms with Gasteiger partial charge in [-0.1, -0.05) is 0 Å². The van der Waals surface area contributed by atoms with Crippen molar-refractivity contribution in [1.29, 1.82) is 0 Å². The number of hydrogen-bond donors (Lipinski definition) is 0. The maximum absolute atomic E-state index is 2.27. The molecule has 60 valence electrons. The summed E-state index contributed by atoms with van der Waals surface area (Å²) in [6.45, 7) is 4.49. The number of rotatable bonds is 2. The fourth-order valence-corrected chi connectivity index (χ4v) is 3.36. The number of benzene rings is 1. The molecule has 0 radical (unpaired) electrons. The Balaban J connectivity index is 3.13. The summed E-state index contributed by atoms with van der Waals surface area (Å²) in [4.78, 5) is 0. The molecule has 0 spiro atoms. The molecule has 0 amide bonds. The molecule has 0 saturated heterocycles. The van der Waals surface area contributed by atoms with Crippen molar-refractivity contribution in [3.05, 3.63) is 29.3 Å². The van der Waals surface area contributed by atoms with Crippen LogP contribution in [0.5, 0.6) is 0 Å². The fourth-order valence-electron chi connectivity index (χ4n) is 1.42. The second-order valence-electron chi connectivity index (χ2n) is 2.69. The van der Waals surface area contributed by atoms with E-state index in [1.807, 2.05) is 0 Å². The first-order valence-electron chi connectivity index (χ1n) is 4.15. The van der Waals surface area contributed by atoms with Crippen LogP contribution in [0.25, 0.3) is 0 Å². The Morgan fingerprint density at radius 1 is 1.18 bits per heavy atom. The van der Waals surface area contributed by atoms with Gasteiger partial charge in [-0.15, -0.1) is 0 Å². The standard InChI is InChI=1S/C10H13.Bi.2H/c1-3-9-7-5-6-8-10(9)4-2;;;/h5-7H,3-4H2,1-2H3;;;. The summed E-state index contributed by atoms with van der Waals surface area (Å²) in [5.41, 5.74) is 3.16. The van der Waals surface area contributed by atoms with Crippen LogP contribution in [0.2, 0.25) is 0 Å². The molecule has 0 unspecified atom stereocenters. The van der Waals surface area contributed by atoms with E-state index in [2.05, 4.69) is 32.0 Å². The van der Waals surface area contributed by atoms with Crippen molar-refractivity contribution in [2.45, 2.75) is 26.7 Å². The molecular weight excluding hydrogens is 329 g/mol. The molecular formula is C10H15Bi. The van der Waals surface area contributed by atoms with E-state index in [4.69, 9.17) is 0 Å². The van der Waals surface area contributed by atoms with E-state index in [0.717, 1.165) is 24.7 Å². The van der Waals surface area contributed by atoms with Crippen LogP contribution in [-0.2, 0) is 12.8 Å². The number of hydrogen-bond acceptors (Lipinski definition) is 0. The summed E-state index contributed by atoms with van der Waals surface area (Å²) in [7, 11) is 0. The van der Waals surface area contributed by atoms with Gasteiger partial charge < -0.3 is 0 Å². The average Bonchev–Trinajstić information content (AvgIpc) is 2.04. The summed E-state index contributed by atoms with van der Waals surface area (Å²) < 4.78 is 1.60. The van der Waals surface area contributed by atoms with Crippen molar-refractivity contribution in [1.82, 2.24) is 0 Å². The van der Waals surface area contributed by atoms with Gasteiger partial charge in [-0.05, 0) is 0 Å². The van der Waals surface area contributed by atoms with Crippen LogP contribution in [0.4, 0.5) is 0 Å². The van der Waals surface area contributed by atoms with Crippen LogP contribution in [0.15, 0.2) is 18.2 Å². The Hall–Kier alpha value is 0.103. The first kappa shape index (κ1) is 9.19. The Bertz CT molecular complexity index is 241. The summed E-state index contributed by atoms with van der Waals surface area (Å²) in [6.07, 6.45) is 2.39. The molecule has 0 bridgehead atoms. The third-order valence-electron chi connectivity index (χ3n) is 2.04. The van der Waals surface area contributed by atoms with Gasteiger partial charge in [-0.25, -0.2) is 0 Å². The van der Waals surface area contributed by atoms with Crippen LogP contribution in [0.3, 0.4) is 0 Å². The van der Waals surface area contributed by atoms with Crippen LogP contribution in [0, 0.1) is 0 Å². The zero-order chi connectivity index (χ0) is 8.27. The van der Waals surface area contributed by atoms with Crippen molar-refractivity contribution in [2.24, 2.45) is 0 Å². The quantitative estimate of drug-likeness (QED) is 0.705. The monoisotopic (exact) mass is 344 g/mol. The molecule has 0 saturated carbocycles. The molecule has 0 heterocycles. The van der Waals surface area contributed by atoms with Crippen LogP contribution < -0.4 is 3.27 Å². The van der Waals surface area contributed by atoms with E-state index in [-0.39, 0.29) is 0 Å². The van der Waals surface area contributed by atoms with Crippen molar-refractivity contribution in [3.63, 3.8) is 0 Å². The second-order valence-corrected chi connectivity index (χ2v) is 5.11. The molecule has 0 atom stereocenters. The van der Waals surface area contributed by atoms with E-state index in [1.54, 1.807) is 14.4 Å². The predicted molar refractivity (Wildman–Crippen MR) is 53.4 cm³/mol. The third kappa shape index (κ3) is 2.02. The maximum atomic E-state index is 2.27. The number of aryl methyl sites for hydroxylation is 1. The van der Waals surface area contributed by atoms with Crippen LogP contribution in [0.1, 0.15) is 25.0 Å². The fraction of sp³-hybridized carbons (Fsp3) is 0.400. The normalized spacial score (nSPS) is 10.1. The summed E-state index contributed by atoms with van der Waals surface area (Å²) in [5.74, 6) is 0. The molecule has 1 rings (SSSR count). The SMILES string of the molecule is CCc1ccc[c]([BiH2])c1CC. The van der Waals surface area contributed by atoms with Crippen LogP contribution >= 0.6 is 0 Å². The molecule has 0 N–H and O–H groups in total. The van der Waals surface area contributed by atoms with Gasteiger partial charge >= 0.3 is 84.0 Å². The van der Waals surface area contributed by atoms with Gasteiger partial charge in [-0.2, -0.15) is 0 Å². The van der Waals surface area contributed by atoms with Gasteiger partial charge in [0.25, 0.3) is 0 Å². The first-order chi connectivity index (χ1) is 5.29. The molecule has 0 aromatic heterocycles. The third-order valence-corrected chi connectivity index (χ3v) is 4.15. The predicted octanol–water partition coefficient (Wildman–Crippen LogP) is 1.07. The van der Waals surface area contributed by atoms with Crippen LogP contribution in [-0.4, -0.2) is 24.7 Å². The van der Waals surface area contributed by atoms with Gasteiger partial charge in [0.1, 0.15) is 0 Å². The molecule has 0 aliphatic carbocycles. The van der Waals surface area contributed by atoms with Crippen molar-refractivity contribution in [2.75, 3.05) is 0 Å². The van der Waals surface area contributed by atoms with E-state index in [9.17, 15) is 0 Å². The molecule has 11 heavy (non-hydrogen) atoms. The Kier molecular flexibility index (Phi) is 3.52. The van der Waals surface area contributed by atoms with Gasteiger partial charge in [0.15, 0.2) is 0 Å². The molecule has 0 nitrogen and oxygen atoms in total. The Morgan fingerprint density at radius 2 is 1.91 bits per heavy atom. The average molecular weight is 344 g/mol. The van der Waals surface area contributed by atoms with Gasteiger partial charge in [0.05, 0.1) is 0 Å². The topological polar surface area (TPSA) is 0 Å². The van der Waals surface area contributed by atoms with Crippen molar-refractivity contribution < 1.29 is 0 Å². The van der Waals surface area contributed by atoms with E-state index in [0.29, 0.717) is 0 Å². The van der Waals surface area contributed by atoms with E-state index >= 15 is 0 Å². The van der Waals surface area contributed by atoms with E-state index < -0.39 is 0 Å². The minimum absolute atomic E-state index is 0.987. The molecule has 0 fully saturated rings. The zero-order valence-corrected chi connectivity index (χ0v) is 11.7. The molecule has 0 aliphatic rings. The Labute approximate surface area is 83.9 Å². The molecule has 1 aromatic carbocycles. The minimum atomic E-state index is 0.987. The second kappa shape index (κ2) is 4.21. The molecule has 1 aromatic rings. The first-order valence-corrected chi connectivity index (χ1v) is 6.40. The van der Waals surface area contributed by atoms with Gasteiger partial charge in [0.2, 0.25) is 0 Å². The van der Waals surface area contributed by atoms with Crippen molar-refractivity contribution >= 4 is 28.0 Å². The van der Waals surface area contributed by atoms with E-state index in [1.165, 1.54) is 12.8 Å². The summed E-state index contributed by atoms with van der Waals surface area (Å²) >= 11 is 0.987. The summed E-state index contributed by atoms with van der Waals surface area (Å²) in [6, 6.07) is 6.71. The molecule has 0 aliphatic heterocycles. The molecule has 1 heteroatoms.